The van der Waals surface area contributed by atoms with Crippen LogP contribution in [0.15, 0.2) is 90.0 Å². The van der Waals surface area contributed by atoms with Crippen LogP contribution in [0.1, 0.15) is 18.4 Å². The second-order valence-corrected chi connectivity index (χ2v) is 11.0. The predicted molar refractivity (Wildman–Crippen MR) is 145 cm³/mol. The highest BCUT2D eigenvalue weighted by atomic mass is 32.2. The number of rotatable bonds is 5. The molecule has 36 heavy (non-hydrogen) atoms. The molecule has 184 valence electrons. The molecule has 1 aromatic heterocycles. The van der Waals surface area contributed by atoms with E-state index in [4.69, 9.17) is 14.5 Å². The van der Waals surface area contributed by atoms with Gasteiger partial charge in [0, 0.05) is 41.1 Å². The Hall–Kier alpha value is -3.91. The highest BCUT2D eigenvalue weighted by Gasteiger charge is 2.14. The molecule has 0 aliphatic carbocycles. The molecule has 1 unspecified atom stereocenters. The maximum Gasteiger partial charge on any atom is 0.229 e. The standard InChI is InChI=1S/C28H29N5O2S/c29-36(34)18-5-4-16-30-27-26(20-31-28(33-27)32-23-9-6-10-25(36)19-23)22-11-13-24(14-12-22)35-17-15-21-7-2-1-3-8-21/h1-3,6-14,19-20,29H,4-5,15-18H2,(H2,30,31,32,33). The van der Waals surface area contributed by atoms with E-state index in [0.29, 0.717) is 41.9 Å². The minimum Gasteiger partial charge on any atom is -0.493 e. The normalized spacial score (nSPS) is 17.4. The average Bonchev–Trinajstić information content (AvgIpc) is 2.90. The van der Waals surface area contributed by atoms with Crippen LogP contribution in [0.5, 0.6) is 5.75 Å². The quantitative estimate of drug-likeness (QED) is 0.306. The molecule has 5 rings (SSSR count). The molecule has 1 aliphatic heterocycles. The molecular formula is C28H29N5O2S. The Morgan fingerprint density at radius 2 is 1.81 bits per heavy atom. The lowest BCUT2D eigenvalue weighted by Crippen LogP contribution is -2.09. The van der Waals surface area contributed by atoms with Crippen LogP contribution in [-0.2, 0) is 16.1 Å². The zero-order chi connectivity index (χ0) is 24.8. The number of fused-ring (bicyclic) bond motifs is 4. The van der Waals surface area contributed by atoms with Crippen molar-refractivity contribution >= 4 is 27.2 Å². The third kappa shape index (κ3) is 5.83. The summed E-state index contributed by atoms with van der Waals surface area (Å²) in [5.41, 5.74) is 3.84. The van der Waals surface area contributed by atoms with Gasteiger partial charge >= 0.3 is 0 Å². The Balaban J connectivity index is 1.34. The number of hydrogen-bond donors (Lipinski definition) is 3. The van der Waals surface area contributed by atoms with Gasteiger partial charge in [-0.3, -0.25) is 0 Å². The van der Waals surface area contributed by atoms with E-state index in [1.807, 2.05) is 54.6 Å². The van der Waals surface area contributed by atoms with Crippen molar-refractivity contribution in [2.75, 3.05) is 29.5 Å². The number of hydrogen-bond acceptors (Lipinski definition) is 7. The maximum absolute atomic E-state index is 12.9. The van der Waals surface area contributed by atoms with Gasteiger partial charge < -0.3 is 15.4 Å². The Morgan fingerprint density at radius 1 is 0.972 bits per heavy atom. The summed E-state index contributed by atoms with van der Waals surface area (Å²) in [6.45, 7) is 1.28. The molecule has 0 spiro atoms. The Morgan fingerprint density at radius 3 is 2.64 bits per heavy atom. The van der Waals surface area contributed by atoms with Gasteiger partial charge in [-0.15, -0.1) is 0 Å². The van der Waals surface area contributed by atoms with E-state index in [2.05, 4.69) is 27.8 Å². The molecule has 2 heterocycles. The topological polar surface area (TPSA) is 100.0 Å². The molecule has 4 aromatic rings. The summed E-state index contributed by atoms with van der Waals surface area (Å²) in [4.78, 5) is 9.78. The first kappa shape index (κ1) is 23.8. The third-order valence-corrected chi connectivity index (χ3v) is 7.96. The van der Waals surface area contributed by atoms with E-state index in [9.17, 15) is 4.21 Å². The van der Waals surface area contributed by atoms with Gasteiger partial charge in [0.05, 0.1) is 16.3 Å². The van der Waals surface area contributed by atoms with Crippen molar-refractivity contribution in [3.8, 4) is 16.9 Å². The third-order valence-electron chi connectivity index (χ3n) is 6.08. The van der Waals surface area contributed by atoms with Crippen molar-refractivity contribution in [1.29, 1.82) is 4.78 Å². The second kappa shape index (κ2) is 10.8. The first-order chi connectivity index (χ1) is 17.6. The fourth-order valence-corrected chi connectivity index (χ4v) is 5.58. The highest BCUT2D eigenvalue weighted by Crippen LogP contribution is 2.30. The molecule has 7 nitrogen and oxygen atoms in total. The van der Waals surface area contributed by atoms with Crippen molar-refractivity contribution in [2.24, 2.45) is 0 Å². The fraction of sp³-hybridized carbons (Fsp3) is 0.214. The molecule has 3 N–H and O–H groups in total. The van der Waals surface area contributed by atoms with Crippen LogP contribution >= 0.6 is 0 Å². The van der Waals surface area contributed by atoms with E-state index in [-0.39, 0.29) is 0 Å². The van der Waals surface area contributed by atoms with Crippen LogP contribution in [0.3, 0.4) is 0 Å². The summed E-state index contributed by atoms with van der Waals surface area (Å²) >= 11 is 0. The van der Waals surface area contributed by atoms with Crippen LogP contribution in [0.2, 0.25) is 0 Å². The van der Waals surface area contributed by atoms with Crippen molar-refractivity contribution in [2.45, 2.75) is 24.2 Å². The van der Waals surface area contributed by atoms with Crippen LogP contribution in [0.25, 0.3) is 11.1 Å². The van der Waals surface area contributed by atoms with E-state index in [0.717, 1.165) is 35.5 Å². The molecule has 0 amide bonds. The van der Waals surface area contributed by atoms with Crippen molar-refractivity contribution < 1.29 is 8.95 Å². The van der Waals surface area contributed by atoms with Gasteiger partial charge in [-0.25, -0.2) is 14.0 Å². The summed E-state index contributed by atoms with van der Waals surface area (Å²) in [7, 11) is -2.83. The average molecular weight is 500 g/mol. The summed E-state index contributed by atoms with van der Waals surface area (Å²) in [5, 5.41) is 6.61. The maximum atomic E-state index is 12.9. The van der Waals surface area contributed by atoms with Gasteiger partial charge in [-0.1, -0.05) is 48.5 Å². The molecular weight excluding hydrogens is 470 g/mol. The number of nitrogens with zero attached hydrogens (tertiary/aromatic N) is 2. The first-order valence-corrected chi connectivity index (χ1v) is 13.8. The summed E-state index contributed by atoms with van der Waals surface area (Å²) in [6, 6.07) is 25.4. The van der Waals surface area contributed by atoms with Gasteiger partial charge in [0.25, 0.3) is 0 Å². The zero-order valence-corrected chi connectivity index (χ0v) is 20.8. The van der Waals surface area contributed by atoms with Crippen LogP contribution < -0.4 is 15.4 Å². The van der Waals surface area contributed by atoms with Crippen LogP contribution in [-0.4, -0.2) is 33.1 Å². The van der Waals surface area contributed by atoms with Crippen LogP contribution in [0.4, 0.5) is 17.5 Å². The Labute approximate surface area is 212 Å². The van der Waals surface area contributed by atoms with Crippen LogP contribution in [0, 0.1) is 4.78 Å². The minimum absolute atomic E-state index is 0.333. The molecule has 1 aliphatic rings. The van der Waals surface area contributed by atoms with Gasteiger partial charge in [0.2, 0.25) is 5.95 Å². The number of ether oxygens (including phenoxy) is 1. The predicted octanol–water partition coefficient (Wildman–Crippen LogP) is 6.12. The van der Waals surface area contributed by atoms with Gasteiger partial charge in [0.1, 0.15) is 11.6 Å². The van der Waals surface area contributed by atoms with Crippen molar-refractivity contribution in [3.63, 3.8) is 0 Å². The summed E-state index contributed by atoms with van der Waals surface area (Å²) in [5.74, 6) is 2.32. The van der Waals surface area contributed by atoms with Crippen molar-refractivity contribution in [1.82, 2.24) is 9.97 Å². The molecule has 0 fully saturated rings. The van der Waals surface area contributed by atoms with E-state index in [1.165, 1.54) is 5.56 Å². The van der Waals surface area contributed by atoms with Gasteiger partial charge in [-0.2, -0.15) is 4.98 Å². The number of anilines is 3. The molecule has 0 saturated carbocycles. The lowest BCUT2D eigenvalue weighted by atomic mass is 10.1. The van der Waals surface area contributed by atoms with Gasteiger partial charge in [-0.05, 0) is 54.3 Å². The van der Waals surface area contributed by atoms with Gasteiger partial charge in [0.15, 0.2) is 0 Å². The molecule has 1 atom stereocenters. The molecule has 4 bridgehead atoms. The Bertz CT molecular complexity index is 1420. The molecule has 3 aromatic carbocycles. The molecule has 8 heteroatoms. The fourth-order valence-electron chi connectivity index (χ4n) is 4.11. The lowest BCUT2D eigenvalue weighted by molar-refractivity contribution is 0.322. The smallest absolute Gasteiger partial charge is 0.229 e. The lowest BCUT2D eigenvalue weighted by Gasteiger charge is -2.14. The van der Waals surface area contributed by atoms with E-state index < -0.39 is 9.73 Å². The SMILES string of the molecule is N=S1(=O)CCCCNc2nc(ncc2-c2ccc(OCCc3ccccc3)cc2)Nc2cccc1c2. The number of benzene rings is 3. The Kier molecular flexibility index (Phi) is 7.13. The first-order valence-electron chi connectivity index (χ1n) is 12.1. The zero-order valence-electron chi connectivity index (χ0n) is 19.9. The summed E-state index contributed by atoms with van der Waals surface area (Å²) < 4.78 is 27.2. The second-order valence-electron chi connectivity index (χ2n) is 8.73. The monoisotopic (exact) mass is 499 g/mol. The largest absolute Gasteiger partial charge is 0.493 e. The molecule has 0 saturated heterocycles. The van der Waals surface area contributed by atoms with E-state index >= 15 is 0 Å². The minimum atomic E-state index is -2.83. The summed E-state index contributed by atoms with van der Waals surface area (Å²) in [6.07, 6.45) is 4.14. The number of aromatic nitrogens is 2. The molecule has 0 radical (unpaired) electrons. The van der Waals surface area contributed by atoms with Crippen molar-refractivity contribution in [3.05, 3.63) is 90.6 Å². The number of nitrogens with one attached hydrogen (secondary N) is 3. The van der Waals surface area contributed by atoms with E-state index in [1.54, 1.807) is 18.3 Å². The highest BCUT2D eigenvalue weighted by molar-refractivity contribution is 7.92.